The Morgan fingerprint density at radius 2 is 1.70 bits per heavy atom. The fraction of sp³-hybridized carbons (Fsp3) is 0.188. The van der Waals surface area contributed by atoms with Gasteiger partial charge in [0.25, 0.3) is 5.91 Å². The minimum atomic E-state index is -0.252. The van der Waals surface area contributed by atoms with Crippen molar-refractivity contribution in [2.24, 2.45) is 0 Å². The molecule has 1 N–H and O–H groups in total. The molecule has 0 atom stereocenters. The molecule has 0 aliphatic carbocycles. The van der Waals surface area contributed by atoms with Crippen LogP contribution in [0.5, 0.6) is 6.01 Å². The maximum Gasteiger partial charge on any atom is 0.316 e. The SMILES string of the molecule is COc1nc(C)c(NC(=O)c2ccc3nccnc3c2)c(C)n1. The van der Waals surface area contributed by atoms with Crippen molar-refractivity contribution in [1.29, 1.82) is 0 Å². The van der Waals surface area contributed by atoms with Crippen molar-refractivity contribution in [3.63, 3.8) is 0 Å². The molecule has 0 saturated heterocycles. The smallest absolute Gasteiger partial charge is 0.316 e. The number of aryl methyl sites for hydroxylation is 2. The average molecular weight is 309 g/mol. The summed E-state index contributed by atoms with van der Waals surface area (Å²) in [4.78, 5) is 29.2. The number of hydrogen-bond acceptors (Lipinski definition) is 6. The summed E-state index contributed by atoms with van der Waals surface area (Å²) in [6, 6.07) is 5.45. The molecule has 0 fully saturated rings. The van der Waals surface area contributed by atoms with E-state index >= 15 is 0 Å². The van der Waals surface area contributed by atoms with Gasteiger partial charge in [-0.3, -0.25) is 14.8 Å². The van der Waals surface area contributed by atoms with Crippen molar-refractivity contribution in [3.05, 3.63) is 47.5 Å². The summed E-state index contributed by atoms with van der Waals surface area (Å²) >= 11 is 0. The Bertz CT molecular complexity index is 872. The molecule has 0 aliphatic heterocycles. The second kappa shape index (κ2) is 5.96. The number of carbonyl (C=O) groups excluding carboxylic acids is 1. The van der Waals surface area contributed by atoms with E-state index in [2.05, 4.69) is 25.3 Å². The molecule has 0 aliphatic rings. The normalized spacial score (nSPS) is 10.6. The van der Waals surface area contributed by atoms with Gasteiger partial charge in [0.1, 0.15) is 0 Å². The summed E-state index contributed by atoms with van der Waals surface area (Å²) in [7, 11) is 1.50. The molecule has 1 amide bonds. The van der Waals surface area contributed by atoms with Gasteiger partial charge in [-0.1, -0.05) is 0 Å². The Balaban J connectivity index is 1.91. The number of fused-ring (bicyclic) bond motifs is 1. The van der Waals surface area contributed by atoms with E-state index < -0.39 is 0 Å². The second-order valence-electron chi connectivity index (χ2n) is 4.97. The lowest BCUT2D eigenvalue weighted by Gasteiger charge is -2.11. The van der Waals surface area contributed by atoms with E-state index in [9.17, 15) is 4.79 Å². The van der Waals surface area contributed by atoms with Gasteiger partial charge in [0.15, 0.2) is 0 Å². The van der Waals surface area contributed by atoms with Gasteiger partial charge in [-0.05, 0) is 32.0 Å². The van der Waals surface area contributed by atoms with Crippen LogP contribution in [0.1, 0.15) is 21.7 Å². The summed E-state index contributed by atoms with van der Waals surface area (Å²) < 4.78 is 5.02. The fourth-order valence-electron chi connectivity index (χ4n) is 2.25. The van der Waals surface area contributed by atoms with Crippen LogP contribution in [0, 0.1) is 13.8 Å². The van der Waals surface area contributed by atoms with Crippen molar-refractivity contribution in [3.8, 4) is 6.01 Å². The molecule has 7 nitrogen and oxygen atoms in total. The zero-order valence-corrected chi connectivity index (χ0v) is 13.0. The van der Waals surface area contributed by atoms with Gasteiger partial charge >= 0.3 is 6.01 Å². The Labute approximate surface area is 132 Å². The van der Waals surface area contributed by atoms with Crippen molar-refractivity contribution < 1.29 is 9.53 Å². The summed E-state index contributed by atoms with van der Waals surface area (Å²) in [6.07, 6.45) is 3.21. The topological polar surface area (TPSA) is 89.9 Å². The van der Waals surface area contributed by atoms with E-state index in [4.69, 9.17) is 4.74 Å². The van der Waals surface area contributed by atoms with Gasteiger partial charge < -0.3 is 10.1 Å². The first-order valence-electron chi connectivity index (χ1n) is 7.00. The first-order valence-corrected chi connectivity index (χ1v) is 7.00. The minimum absolute atomic E-state index is 0.252. The highest BCUT2D eigenvalue weighted by atomic mass is 16.5. The van der Waals surface area contributed by atoms with Crippen LogP contribution in [0.4, 0.5) is 5.69 Å². The number of nitrogens with zero attached hydrogens (tertiary/aromatic N) is 4. The van der Waals surface area contributed by atoms with E-state index in [1.54, 1.807) is 44.4 Å². The molecule has 2 heterocycles. The lowest BCUT2D eigenvalue weighted by molar-refractivity contribution is 0.102. The molecular weight excluding hydrogens is 294 g/mol. The molecule has 116 valence electrons. The van der Waals surface area contributed by atoms with Crippen LogP contribution in [0.25, 0.3) is 11.0 Å². The van der Waals surface area contributed by atoms with Gasteiger partial charge in [-0.15, -0.1) is 0 Å². The molecule has 2 aromatic heterocycles. The molecule has 3 rings (SSSR count). The van der Waals surface area contributed by atoms with Gasteiger partial charge in [0, 0.05) is 18.0 Å². The summed E-state index contributed by atoms with van der Waals surface area (Å²) in [5, 5.41) is 2.84. The molecule has 7 heteroatoms. The van der Waals surface area contributed by atoms with Crippen LogP contribution in [-0.2, 0) is 0 Å². The van der Waals surface area contributed by atoms with Crippen LogP contribution in [0.15, 0.2) is 30.6 Å². The summed E-state index contributed by atoms with van der Waals surface area (Å²) in [5.41, 5.74) is 3.76. The molecule has 1 aromatic carbocycles. The van der Waals surface area contributed by atoms with E-state index in [0.29, 0.717) is 28.2 Å². The number of nitrogens with one attached hydrogen (secondary N) is 1. The maximum atomic E-state index is 12.5. The Hall–Kier alpha value is -3.09. The number of benzene rings is 1. The number of hydrogen-bond donors (Lipinski definition) is 1. The highest BCUT2D eigenvalue weighted by Gasteiger charge is 2.14. The second-order valence-corrected chi connectivity index (χ2v) is 4.97. The summed E-state index contributed by atoms with van der Waals surface area (Å²) in [5.74, 6) is -0.252. The van der Waals surface area contributed by atoms with Crippen molar-refractivity contribution in [2.75, 3.05) is 12.4 Å². The Morgan fingerprint density at radius 3 is 2.35 bits per heavy atom. The zero-order chi connectivity index (χ0) is 16.4. The number of amides is 1. The third kappa shape index (κ3) is 2.94. The van der Waals surface area contributed by atoms with Crippen LogP contribution >= 0.6 is 0 Å². The molecule has 0 spiro atoms. The average Bonchev–Trinajstić information content (AvgIpc) is 2.57. The molecule has 0 bridgehead atoms. The van der Waals surface area contributed by atoms with Crippen LogP contribution in [-0.4, -0.2) is 33.0 Å². The lowest BCUT2D eigenvalue weighted by atomic mass is 10.1. The van der Waals surface area contributed by atoms with E-state index in [1.165, 1.54) is 7.11 Å². The predicted octanol–water partition coefficient (Wildman–Crippen LogP) is 2.30. The van der Waals surface area contributed by atoms with Gasteiger partial charge in [-0.2, -0.15) is 9.97 Å². The molecule has 0 radical (unpaired) electrons. The standard InChI is InChI=1S/C16H15N5O2/c1-9-14(10(2)20-16(19-9)23-3)21-15(22)11-4-5-12-13(8-11)18-7-6-17-12/h4-8H,1-3H3,(H,21,22). The van der Waals surface area contributed by atoms with Crippen LogP contribution < -0.4 is 10.1 Å². The van der Waals surface area contributed by atoms with Crippen molar-refractivity contribution in [2.45, 2.75) is 13.8 Å². The molecule has 0 unspecified atom stereocenters. The van der Waals surface area contributed by atoms with E-state index in [1.807, 2.05) is 0 Å². The van der Waals surface area contributed by atoms with Crippen molar-refractivity contribution in [1.82, 2.24) is 19.9 Å². The van der Waals surface area contributed by atoms with Gasteiger partial charge in [0.2, 0.25) is 0 Å². The quantitative estimate of drug-likeness (QED) is 0.798. The third-order valence-electron chi connectivity index (χ3n) is 3.40. The molecular formula is C16H15N5O2. The van der Waals surface area contributed by atoms with Crippen LogP contribution in [0.2, 0.25) is 0 Å². The number of anilines is 1. The Morgan fingerprint density at radius 1 is 1.04 bits per heavy atom. The molecule has 3 aromatic rings. The van der Waals surface area contributed by atoms with E-state index in [-0.39, 0.29) is 11.9 Å². The first-order chi connectivity index (χ1) is 11.1. The maximum absolute atomic E-state index is 12.5. The largest absolute Gasteiger partial charge is 0.467 e. The Kier molecular flexibility index (Phi) is 3.84. The van der Waals surface area contributed by atoms with E-state index in [0.717, 1.165) is 5.52 Å². The highest BCUT2D eigenvalue weighted by Crippen LogP contribution is 2.20. The monoisotopic (exact) mass is 309 g/mol. The summed E-state index contributed by atoms with van der Waals surface area (Å²) in [6.45, 7) is 3.58. The number of methoxy groups -OCH3 is 1. The lowest BCUT2D eigenvalue weighted by Crippen LogP contribution is -2.15. The third-order valence-corrected chi connectivity index (χ3v) is 3.40. The predicted molar refractivity (Wildman–Crippen MR) is 85.5 cm³/mol. The zero-order valence-electron chi connectivity index (χ0n) is 13.0. The highest BCUT2D eigenvalue weighted by molar-refractivity contribution is 6.06. The van der Waals surface area contributed by atoms with Gasteiger partial charge in [0.05, 0.1) is 35.2 Å². The first kappa shape index (κ1) is 14.8. The van der Waals surface area contributed by atoms with Crippen LogP contribution in [0.3, 0.4) is 0 Å². The van der Waals surface area contributed by atoms with Crippen molar-refractivity contribution >= 4 is 22.6 Å². The molecule has 0 saturated carbocycles. The number of ether oxygens (including phenoxy) is 1. The number of carbonyl (C=O) groups is 1. The molecule has 23 heavy (non-hydrogen) atoms. The van der Waals surface area contributed by atoms with Gasteiger partial charge in [-0.25, -0.2) is 0 Å². The number of rotatable bonds is 3. The minimum Gasteiger partial charge on any atom is -0.467 e. The fourth-order valence-corrected chi connectivity index (χ4v) is 2.25. The number of aromatic nitrogens is 4.